The molecule has 0 bridgehead atoms. The molecule has 134 valence electrons. The van der Waals surface area contributed by atoms with Gasteiger partial charge in [0.05, 0.1) is 15.6 Å². The molecule has 0 aliphatic heterocycles. The van der Waals surface area contributed by atoms with Crippen molar-refractivity contribution in [1.82, 2.24) is 10.2 Å². The minimum Gasteiger partial charge on any atom is -0.465 e. The van der Waals surface area contributed by atoms with Gasteiger partial charge < -0.3 is 10.4 Å². The SMILES string of the molecule is C=CC[C@@](CNC)(c1ccc(Cl)c(Cl)c1)N(CC(C)(C)C)C(=O)O. The number of carbonyl (C=O) groups is 1. The smallest absolute Gasteiger partial charge is 0.408 e. The Bertz CT molecular complexity index is 599. The number of carboxylic acid groups (broad SMARTS) is 1. The molecule has 1 rings (SSSR count). The molecule has 0 fully saturated rings. The fourth-order valence-electron chi connectivity index (χ4n) is 2.85. The van der Waals surface area contributed by atoms with Crippen LogP contribution in [0, 0.1) is 5.41 Å². The number of nitrogens with one attached hydrogen (secondary N) is 1. The minimum absolute atomic E-state index is 0.200. The van der Waals surface area contributed by atoms with Crippen LogP contribution in [0.3, 0.4) is 0 Å². The lowest BCUT2D eigenvalue weighted by Crippen LogP contribution is -2.56. The van der Waals surface area contributed by atoms with Crippen LogP contribution in [-0.4, -0.2) is 36.2 Å². The predicted octanol–water partition coefficient (Wildman–Crippen LogP) is 5.01. The fourth-order valence-corrected chi connectivity index (χ4v) is 3.14. The lowest BCUT2D eigenvalue weighted by Gasteiger charge is -2.45. The van der Waals surface area contributed by atoms with Gasteiger partial charge in [0, 0.05) is 13.1 Å². The molecule has 4 nitrogen and oxygen atoms in total. The summed E-state index contributed by atoms with van der Waals surface area (Å²) < 4.78 is 0. The van der Waals surface area contributed by atoms with Crippen LogP contribution in [0.4, 0.5) is 4.79 Å². The van der Waals surface area contributed by atoms with Gasteiger partial charge in [-0.25, -0.2) is 4.79 Å². The Morgan fingerprint density at radius 1 is 1.33 bits per heavy atom. The molecule has 24 heavy (non-hydrogen) atoms. The standard InChI is InChI=1S/C18H26Cl2N2O2/c1-6-9-18(11-21-5,13-7-8-14(19)15(20)10-13)22(16(23)24)12-17(2,3)4/h6-8,10,21H,1,9,11-12H2,2-5H3,(H,23,24)/t18-/m1/s1. The predicted molar refractivity (Wildman–Crippen MR) is 101 cm³/mol. The van der Waals surface area contributed by atoms with Gasteiger partial charge in [0.2, 0.25) is 0 Å². The van der Waals surface area contributed by atoms with E-state index in [0.29, 0.717) is 29.6 Å². The second kappa shape index (κ2) is 8.24. The second-order valence-electron chi connectivity index (χ2n) is 7.11. The van der Waals surface area contributed by atoms with Gasteiger partial charge >= 0.3 is 6.09 Å². The Labute approximate surface area is 154 Å². The van der Waals surface area contributed by atoms with Gasteiger partial charge in [-0.3, -0.25) is 4.90 Å². The van der Waals surface area contributed by atoms with E-state index >= 15 is 0 Å². The summed E-state index contributed by atoms with van der Waals surface area (Å²) in [5.41, 5.74) is -0.226. The Hall–Kier alpha value is -1.23. The third-order valence-electron chi connectivity index (χ3n) is 3.79. The first kappa shape index (κ1) is 20.8. The van der Waals surface area contributed by atoms with Crippen LogP contribution in [0.2, 0.25) is 10.0 Å². The largest absolute Gasteiger partial charge is 0.465 e. The molecule has 0 saturated heterocycles. The van der Waals surface area contributed by atoms with Crippen LogP contribution >= 0.6 is 23.2 Å². The molecule has 1 amide bonds. The van der Waals surface area contributed by atoms with Crippen molar-refractivity contribution in [1.29, 1.82) is 0 Å². The van der Waals surface area contributed by atoms with Gasteiger partial charge in [-0.1, -0.05) is 56.1 Å². The lowest BCUT2D eigenvalue weighted by molar-refractivity contribution is 0.0505. The topological polar surface area (TPSA) is 52.6 Å². The highest BCUT2D eigenvalue weighted by molar-refractivity contribution is 6.42. The molecule has 0 heterocycles. The zero-order chi connectivity index (χ0) is 18.5. The second-order valence-corrected chi connectivity index (χ2v) is 7.93. The molecule has 0 aromatic heterocycles. The maximum Gasteiger partial charge on any atom is 0.408 e. The maximum atomic E-state index is 12.1. The van der Waals surface area contributed by atoms with Crippen molar-refractivity contribution in [3.8, 4) is 0 Å². The van der Waals surface area contributed by atoms with E-state index in [1.54, 1.807) is 25.3 Å². The molecule has 2 N–H and O–H groups in total. The Morgan fingerprint density at radius 2 is 1.96 bits per heavy atom. The minimum atomic E-state index is -0.979. The zero-order valence-electron chi connectivity index (χ0n) is 14.7. The van der Waals surface area contributed by atoms with E-state index in [4.69, 9.17) is 23.2 Å². The summed E-state index contributed by atoms with van der Waals surface area (Å²) >= 11 is 12.2. The molecule has 0 radical (unpaired) electrons. The zero-order valence-corrected chi connectivity index (χ0v) is 16.2. The van der Waals surface area contributed by atoms with Crippen LogP contribution < -0.4 is 5.32 Å². The van der Waals surface area contributed by atoms with E-state index in [-0.39, 0.29) is 5.41 Å². The molecule has 1 atom stereocenters. The van der Waals surface area contributed by atoms with E-state index in [2.05, 4.69) is 11.9 Å². The number of benzene rings is 1. The van der Waals surface area contributed by atoms with Crippen LogP contribution in [-0.2, 0) is 5.54 Å². The van der Waals surface area contributed by atoms with Crippen molar-refractivity contribution in [2.75, 3.05) is 20.1 Å². The van der Waals surface area contributed by atoms with Crippen molar-refractivity contribution in [2.45, 2.75) is 32.7 Å². The van der Waals surface area contributed by atoms with Crippen LogP contribution in [0.15, 0.2) is 30.9 Å². The summed E-state index contributed by atoms with van der Waals surface area (Å²) in [6.07, 6.45) is 1.21. The molecule has 1 aromatic carbocycles. The quantitative estimate of drug-likeness (QED) is 0.661. The van der Waals surface area contributed by atoms with Crippen LogP contribution in [0.5, 0.6) is 0 Å². The molecule has 0 unspecified atom stereocenters. The van der Waals surface area contributed by atoms with Gasteiger partial charge in [-0.2, -0.15) is 0 Å². The van der Waals surface area contributed by atoms with E-state index in [1.807, 2.05) is 26.8 Å². The Balaban J connectivity index is 3.57. The molecular formula is C18H26Cl2N2O2. The number of nitrogens with zero attached hydrogens (tertiary/aromatic N) is 1. The van der Waals surface area contributed by atoms with Crippen molar-refractivity contribution >= 4 is 29.3 Å². The highest BCUT2D eigenvalue weighted by Gasteiger charge is 2.42. The summed E-state index contributed by atoms with van der Waals surface area (Å²) in [5.74, 6) is 0. The van der Waals surface area contributed by atoms with Gasteiger partial charge in [0.1, 0.15) is 0 Å². The third-order valence-corrected chi connectivity index (χ3v) is 4.53. The Morgan fingerprint density at radius 3 is 2.38 bits per heavy atom. The molecule has 0 aliphatic rings. The molecular weight excluding hydrogens is 347 g/mol. The van der Waals surface area contributed by atoms with E-state index < -0.39 is 11.6 Å². The average molecular weight is 373 g/mol. The number of rotatable bonds is 7. The van der Waals surface area contributed by atoms with Gasteiger partial charge in [0.25, 0.3) is 0 Å². The monoisotopic (exact) mass is 372 g/mol. The fraction of sp³-hybridized carbons (Fsp3) is 0.500. The van der Waals surface area contributed by atoms with E-state index in [9.17, 15) is 9.90 Å². The first-order valence-electron chi connectivity index (χ1n) is 7.79. The first-order chi connectivity index (χ1) is 11.1. The van der Waals surface area contributed by atoms with Crippen molar-refractivity contribution in [2.24, 2.45) is 5.41 Å². The van der Waals surface area contributed by atoms with Crippen molar-refractivity contribution < 1.29 is 9.90 Å². The highest BCUT2D eigenvalue weighted by atomic mass is 35.5. The van der Waals surface area contributed by atoms with Gasteiger partial charge in [-0.05, 0) is 36.6 Å². The van der Waals surface area contributed by atoms with Crippen molar-refractivity contribution in [3.63, 3.8) is 0 Å². The third kappa shape index (κ3) is 4.88. The Kier molecular flexibility index (Phi) is 7.14. The summed E-state index contributed by atoms with van der Waals surface area (Å²) in [6.45, 7) is 10.7. The molecule has 6 heteroatoms. The molecule has 0 spiro atoms. The van der Waals surface area contributed by atoms with Crippen molar-refractivity contribution in [3.05, 3.63) is 46.5 Å². The van der Waals surface area contributed by atoms with Crippen LogP contribution in [0.1, 0.15) is 32.8 Å². The van der Waals surface area contributed by atoms with Gasteiger partial charge in [0.15, 0.2) is 0 Å². The number of halogens is 2. The normalized spacial score (nSPS) is 14.1. The lowest BCUT2D eigenvalue weighted by atomic mass is 9.82. The number of hydrogen-bond acceptors (Lipinski definition) is 2. The highest BCUT2D eigenvalue weighted by Crippen LogP contribution is 2.37. The summed E-state index contributed by atoms with van der Waals surface area (Å²) in [4.78, 5) is 13.6. The number of hydrogen-bond donors (Lipinski definition) is 2. The number of likely N-dealkylation sites (N-methyl/N-ethyl adjacent to an activating group) is 1. The van der Waals surface area contributed by atoms with E-state index in [0.717, 1.165) is 5.56 Å². The van der Waals surface area contributed by atoms with Gasteiger partial charge in [-0.15, -0.1) is 6.58 Å². The average Bonchev–Trinajstić information content (AvgIpc) is 2.46. The molecule has 0 saturated carbocycles. The maximum absolute atomic E-state index is 12.1. The molecule has 1 aromatic rings. The number of amides is 1. The summed E-state index contributed by atoms with van der Waals surface area (Å²) in [5, 5.41) is 13.9. The first-order valence-corrected chi connectivity index (χ1v) is 8.54. The van der Waals surface area contributed by atoms with E-state index in [1.165, 1.54) is 4.90 Å². The summed E-state index contributed by atoms with van der Waals surface area (Å²) in [6, 6.07) is 5.26. The summed E-state index contributed by atoms with van der Waals surface area (Å²) in [7, 11) is 1.80. The van der Waals surface area contributed by atoms with Crippen LogP contribution in [0.25, 0.3) is 0 Å². The molecule has 0 aliphatic carbocycles.